The third-order valence-electron chi connectivity index (χ3n) is 4.51. The Labute approximate surface area is 161 Å². The van der Waals surface area contributed by atoms with Gasteiger partial charge in [0.05, 0.1) is 24.4 Å². The lowest BCUT2D eigenvalue weighted by atomic mass is 10.2. The van der Waals surface area contributed by atoms with Gasteiger partial charge in [-0.25, -0.2) is 4.90 Å². The number of imide groups is 1. The Morgan fingerprint density at radius 3 is 2.71 bits per heavy atom. The quantitative estimate of drug-likeness (QED) is 0.771. The van der Waals surface area contributed by atoms with Crippen molar-refractivity contribution in [3.63, 3.8) is 0 Å². The molecule has 1 fully saturated rings. The fourth-order valence-corrected chi connectivity index (χ4v) is 3.25. The van der Waals surface area contributed by atoms with Gasteiger partial charge < -0.3 is 20.1 Å². The van der Waals surface area contributed by atoms with Crippen molar-refractivity contribution < 1.29 is 23.9 Å². The number of benzene rings is 2. The van der Waals surface area contributed by atoms with E-state index >= 15 is 0 Å². The number of nitrogens with zero attached hydrogens (tertiary/aromatic N) is 1. The number of amides is 3. The van der Waals surface area contributed by atoms with Gasteiger partial charge in [-0.05, 0) is 49.4 Å². The van der Waals surface area contributed by atoms with E-state index in [9.17, 15) is 14.4 Å². The van der Waals surface area contributed by atoms with Crippen LogP contribution in [0, 0.1) is 0 Å². The maximum absolute atomic E-state index is 12.8. The molecule has 2 heterocycles. The van der Waals surface area contributed by atoms with Gasteiger partial charge in [-0.1, -0.05) is 0 Å². The van der Waals surface area contributed by atoms with E-state index in [1.165, 1.54) is 4.90 Å². The third-order valence-corrected chi connectivity index (χ3v) is 4.51. The van der Waals surface area contributed by atoms with Crippen molar-refractivity contribution in [2.45, 2.75) is 19.4 Å². The van der Waals surface area contributed by atoms with Crippen LogP contribution in [-0.4, -0.2) is 37.0 Å². The number of anilines is 3. The Bertz CT molecular complexity index is 941. The number of ether oxygens (including phenoxy) is 2. The van der Waals surface area contributed by atoms with E-state index in [0.29, 0.717) is 35.2 Å². The average molecular weight is 381 g/mol. The lowest BCUT2D eigenvalue weighted by molar-refractivity contribution is -0.121. The van der Waals surface area contributed by atoms with Crippen LogP contribution in [0.25, 0.3) is 0 Å². The van der Waals surface area contributed by atoms with Crippen LogP contribution in [0.5, 0.6) is 11.5 Å². The smallest absolute Gasteiger partial charge is 0.262 e. The second-order valence-electron chi connectivity index (χ2n) is 6.44. The van der Waals surface area contributed by atoms with Crippen LogP contribution >= 0.6 is 0 Å². The highest BCUT2D eigenvalue weighted by molar-refractivity contribution is 6.23. The number of rotatable bonds is 5. The largest absolute Gasteiger partial charge is 0.494 e. The van der Waals surface area contributed by atoms with Gasteiger partial charge in [0.1, 0.15) is 17.5 Å². The molecule has 0 radical (unpaired) electrons. The third kappa shape index (κ3) is 3.36. The molecule has 0 bridgehead atoms. The van der Waals surface area contributed by atoms with Crippen molar-refractivity contribution >= 4 is 34.8 Å². The molecule has 2 N–H and O–H groups in total. The summed E-state index contributed by atoms with van der Waals surface area (Å²) in [6, 6.07) is 11.3. The molecule has 0 aromatic heterocycles. The van der Waals surface area contributed by atoms with Crippen molar-refractivity contribution in [3.8, 4) is 11.5 Å². The lowest BCUT2D eigenvalue weighted by Gasteiger charge is -2.20. The number of fused-ring (bicyclic) bond motifs is 1. The highest BCUT2D eigenvalue weighted by atomic mass is 16.5. The Morgan fingerprint density at radius 2 is 1.96 bits per heavy atom. The van der Waals surface area contributed by atoms with Gasteiger partial charge in [0.25, 0.3) is 11.8 Å². The van der Waals surface area contributed by atoms with Crippen LogP contribution < -0.4 is 25.0 Å². The van der Waals surface area contributed by atoms with E-state index in [-0.39, 0.29) is 30.7 Å². The Hall–Kier alpha value is -3.55. The van der Waals surface area contributed by atoms with Gasteiger partial charge in [0.2, 0.25) is 5.91 Å². The molecule has 4 rings (SSSR count). The van der Waals surface area contributed by atoms with Crippen LogP contribution in [-0.2, 0) is 14.4 Å². The van der Waals surface area contributed by atoms with E-state index in [1.807, 2.05) is 6.92 Å². The molecule has 2 aliphatic heterocycles. The van der Waals surface area contributed by atoms with Crippen molar-refractivity contribution in [3.05, 3.63) is 42.5 Å². The highest BCUT2D eigenvalue weighted by Crippen LogP contribution is 2.32. The first-order valence-corrected chi connectivity index (χ1v) is 8.98. The maximum atomic E-state index is 12.8. The number of hydrogen-bond donors (Lipinski definition) is 2. The van der Waals surface area contributed by atoms with Gasteiger partial charge in [0, 0.05) is 5.69 Å². The molecule has 1 saturated heterocycles. The molecule has 28 heavy (non-hydrogen) atoms. The second-order valence-corrected chi connectivity index (χ2v) is 6.44. The van der Waals surface area contributed by atoms with Crippen LogP contribution in [0.15, 0.2) is 42.5 Å². The summed E-state index contributed by atoms with van der Waals surface area (Å²) in [7, 11) is 0. The molecule has 0 aliphatic carbocycles. The normalized spacial score (nSPS) is 18.4. The molecule has 0 unspecified atom stereocenters. The minimum Gasteiger partial charge on any atom is -0.494 e. The zero-order valence-corrected chi connectivity index (χ0v) is 15.2. The summed E-state index contributed by atoms with van der Waals surface area (Å²) in [5.41, 5.74) is 1.65. The monoisotopic (exact) mass is 381 g/mol. The molecular formula is C20H19N3O5. The summed E-state index contributed by atoms with van der Waals surface area (Å²) in [5.74, 6) is 0.403. The van der Waals surface area contributed by atoms with Crippen molar-refractivity contribution in [1.82, 2.24) is 0 Å². The first-order chi connectivity index (χ1) is 13.5. The first kappa shape index (κ1) is 17.8. The van der Waals surface area contributed by atoms with Gasteiger partial charge >= 0.3 is 0 Å². The summed E-state index contributed by atoms with van der Waals surface area (Å²) in [4.78, 5) is 37.9. The minimum absolute atomic E-state index is 0.0214. The van der Waals surface area contributed by atoms with Gasteiger partial charge in [0.15, 0.2) is 6.61 Å². The molecule has 144 valence electrons. The Balaban J connectivity index is 1.50. The Morgan fingerprint density at radius 1 is 1.18 bits per heavy atom. The molecule has 0 spiro atoms. The summed E-state index contributed by atoms with van der Waals surface area (Å²) >= 11 is 0. The maximum Gasteiger partial charge on any atom is 0.262 e. The van der Waals surface area contributed by atoms with Crippen LogP contribution in [0.3, 0.4) is 0 Å². The summed E-state index contributed by atoms with van der Waals surface area (Å²) < 4.78 is 10.7. The highest BCUT2D eigenvalue weighted by Gasteiger charge is 2.39. The van der Waals surface area contributed by atoms with Gasteiger partial charge in [-0.2, -0.15) is 0 Å². The van der Waals surface area contributed by atoms with E-state index in [0.717, 1.165) is 0 Å². The zero-order chi connectivity index (χ0) is 19.7. The predicted octanol–water partition coefficient (Wildman–Crippen LogP) is 2.16. The summed E-state index contributed by atoms with van der Waals surface area (Å²) in [6.07, 6.45) is 0.0476. The molecule has 8 nitrogen and oxygen atoms in total. The number of nitrogens with one attached hydrogen (secondary N) is 2. The molecule has 0 saturated carbocycles. The number of hydrogen-bond acceptors (Lipinski definition) is 6. The molecular weight excluding hydrogens is 362 g/mol. The molecule has 2 aliphatic rings. The van der Waals surface area contributed by atoms with Crippen molar-refractivity contribution in [2.24, 2.45) is 0 Å². The molecule has 2 aromatic carbocycles. The van der Waals surface area contributed by atoms with Crippen LogP contribution in [0.4, 0.5) is 17.1 Å². The molecule has 3 amide bonds. The van der Waals surface area contributed by atoms with Crippen LogP contribution in [0.2, 0.25) is 0 Å². The van der Waals surface area contributed by atoms with Crippen molar-refractivity contribution in [2.75, 3.05) is 28.7 Å². The van der Waals surface area contributed by atoms with E-state index in [4.69, 9.17) is 9.47 Å². The standard InChI is InChI=1S/C20H19N3O5/c1-2-27-14-6-4-13(5-7-14)23-19(25)10-16(20(23)26)21-12-3-8-17-15(9-12)22-18(24)11-28-17/h3-9,16,21H,2,10-11H2,1H3,(H,22,24)/t16-/m1/s1. The fourth-order valence-electron chi connectivity index (χ4n) is 3.25. The molecule has 8 heteroatoms. The topological polar surface area (TPSA) is 97.0 Å². The van der Waals surface area contributed by atoms with Crippen LogP contribution in [0.1, 0.15) is 13.3 Å². The minimum atomic E-state index is -0.683. The van der Waals surface area contributed by atoms with E-state index < -0.39 is 6.04 Å². The molecule has 1 atom stereocenters. The predicted molar refractivity (Wildman–Crippen MR) is 103 cm³/mol. The lowest BCUT2D eigenvalue weighted by Crippen LogP contribution is -2.34. The number of carbonyl (C=O) groups is 3. The van der Waals surface area contributed by atoms with Crippen molar-refractivity contribution in [1.29, 1.82) is 0 Å². The van der Waals surface area contributed by atoms with E-state index in [2.05, 4.69) is 10.6 Å². The van der Waals surface area contributed by atoms with Gasteiger partial charge in [-0.15, -0.1) is 0 Å². The summed E-state index contributed by atoms with van der Waals surface area (Å²) in [5, 5.41) is 5.79. The van der Waals surface area contributed by atoms with Gasteiger partial charge in [-0.3, -0.25) is 14.4 Å². The SMILES string of the molecule is CCOc1ccc(N2C(=O)C[C@@H](Nc3ccc4c(c3)NC(=O)CO4)C2=O)cc1. The fraction of sp³-hybridized carbons (Fsp3) is 0.250. The second kappa shape index (κ2) is 7.22. The average Bonchev–Trinajstić information content (AvgIpc) is 2.96. The summed E-state index contributed by atoms with van der Waals surface area (Å²) in [6.45, 7) is 2.40. The number of carbonyl (C=O) groups excluding carboxylic acids is 3. The molecule has 2 aromatic rings. The Kier molecular flexibility index (Phi) is 4.60. The first-order valence-electron chi connectivity index (χ1n) is 8.98. The zero-order valence-electron chi connectivity index (χ0n) is 15.2. The van der Waals surface area contributed by atoms with E-state index in [1.54, 1.807) is 42.5 Å².